The topological polar surface area (TPSA) is 9.23 Å². The normalized spacial score (nSPS) is 16.9. The van der Waals surface area contributed by atoms with Crippen molar-refractivity contribution in [1.82, 2.24) is 0 Å². The van der Waals surface area contributed by atoms with E-state index < -0.39 is 68.5 Å². The van der Waals surface area contributed by atoms with Crippen LogP contribution < -0.4 is 4.74 Å². The van der Waals surface area contributed by atoms with Crippen molar-refractivity contribution in [3.05, 3.63) is 112 Å². The van der Waals surface area contributed by atoms with Gasteiger partial charge in [-0.25, -0.2) is 26.3 Å². The Labute approximate surface area is 267 Å². The SMILES string of the molecule is CCCCCC1CCC(c2ccc(-c3cc(F)c(-c4cc(F)c(C(F)(F)Oc5ccc(Cl)c(F)c5)c(F)c4)c(F)c3)c(F)c2)CC1. The largest absolute Gasteiger partial charge is 0.432 e. The van der Waals surface area contributed by atoms with Gasteiger partial charge >= 0.3 is 6.11 Å². The number of unbranched alkanes of at least 4 members (excludes halogenated alkanes) is 2. The minimum Gasteiger partial charge on any atom is -0.429 e. The maximum absolute atomic E-state index is 15.3. The molecular formula is C36H31ClF8O. The number of halogens is 9. The third kappa shape index (κ3) is 7.35. The number of alkyl halides is 2. The molecule has 0 amide bonds. The highest BCUT2D eigenvalue weighted by molar-refractivity contribution is 6.30. The van der Waals surface area contributed by atoms with Crippen LogP contribution in [0.15, 0.2) is 60.7 Å². The quantitative estimate of drug-likeness (QED) is 0.121. The minimum atomic E-state index is -4.63. The number of hydrogen-bond acceptors (Lipinski definition) is 1. The number of ether oxygens (including phenoxy) is 1. The van der Waals surface area contributed by atoms with Gasteiger partial charge < -0.3 is 4.74 Å². The highest BCUT2D eigenvalue weighted by atomic mass is 35.5. The van der Waals surface area contributed by atoms with E-state index in [4.69, 9.17) is 11.6 Å². The molecule has 4 aromatic carbocycles. The molecule has 46 heavy (non-hydrogen) atoms. The fourth-order valence-corrected chi connectivity index (χ4v) is 6.34. The first-order valence-corrected chi connectivity index (χ1v) is 15.6. The molecule has 0 unspecified atom stereocenters. The Balaban J connectivity index is 1.35. The maximum Gasteiger partial charge on any atom is 0.432 e. The summed E-state index contributed by atoms with van der Waals surface area (Å²) in [6.07, 6.45) is 4.22. The second kappa shape index (κ2) is 14.0. The average Bonchev–Trinajstić information content (AvgIpc) is 2.98. The van der Waals surface area contributed by atoms with E-state index in [0.29, 0.717) is 24.1 Å². The lowest BCUT2D eigenvalue weighted by Crippen LogP contribution is -2.25. The van der Waals surface area contributed by atoms with E-state index in [9.17, 15) is 22.0 Å². The Bertz CT molecular complexity index is 1670. The molecule has 0 spiro atoms. The molecule has 244 valence electrons. The Morgan fingerprint density at radius 2 is 1.33 bits per heavy atom. The molecule has 1 nitrogen and oxygen atoms in total. The number of benzene rings is 4. The van der Waals surface area contributed by atoms with E-state index in [2.05, 4.69) is 11.7 Å². The van der Waals surface area contributed by atoms with E-state index in [1.165, 1.54) is 37.8 Å². The first kappa shape index (κ1) is 33.8. The van der Waals surface area contributed by atoms with Crippen LogP contribution >= 0.6 is 11.6 Å². The molecule has 1 aliphatic carbocycles. The molecule has 0 N–H and O–H groups in total. The molecule has 0 bridgehead atoms. The van der Waals surface area contributed by atoms with Crippen LogP contribution in [0.5, 0.6) is 5.75 Å². The van der Waals surface area contributed by atoms with Gasteiger partial charge in [0.1, 0.15) is 46.2 Å². The van der Waals surface area contributed by atoms with E-state index in [1.54, 1.807) is 6.07 Å². The summed E-state index contributed by atoms with van der Waals surface area (Å²) < 4.78 is 123. The average molecular weight is 667 g/mol. The number of rotatable bonds is 10. The van der Waals surface area contributed by atoms with Crippen LogP contribution in [0.4, 0.5) is 35.1 Å². The molecule has 0 aliphatic heterocycles. The van der Waals surface area contributed by atoms with Crippen molar-refractivity contribution in [1.29, 1.82) is 0 Å². The lowest BCUT2D eigenvalue weighted by atomic mass is 9.77. The molecule has 4 aromatic rings. The third-order valence-electron chi connectivity index (χ3n) is 8.64. The predicted molar refractivity (Wildman–Crippen MR) is 162 cm³/mol. The summed E-state index contributed by atoms with van der Waals surface area (Å²) in [4.78, 5) is 0. The van der Waals surface area contributed by atoms with Gasteiger partial charge in [-0.15, -0.1) is 0 Å². The summed E-state index contributed by atoms with van der Waals surface area (Å²) >= 11 is 5.51. The first-order chi connectivity index (χ1) is 21.9. The standard InChI is InChI=1S/C36H31ClF8O/c1-2-3-4-5-20-6-8-21(9-7-20)22-10-12-26(28(38)14-22)23-15-30(40)34(31(41)16-23)24-17-32(42)35(33(43)18-24)36(44,45)46-25-11-13-27(37)29(39)19-25/h10-21H,2-9H2,1H3. The van der Waals surface area contributed by atoms with Gasteiger partial charge in [0.2, 0.25) is 0 Å². The highest BCUT2D eigenvalue weighted by Gasteiger charge is 2.41. The molecular weight excluding hydrogens is 636 g/mol. The van der Waals surface area contributed by atoms with Crippen LogP contribution in [0.2, 0.25) is 5.02 Å². The summed E-state index contributed by atoms with van der Waals surface area (Å²) in [7, 11) is 0. The molecule has 0 radical (unpaired) electrons. The van der Waals surface area contributed by atoms with Crippen LogP contribution in [0.3, 0.4) is 0 Å². The van der Waals surface area contributed by atoms with Gasteiger partial charge in [-0.1, -0.05) is 56.3 Å². The van der Waals surface area contributed by atoms with E-state index >= 15 is 13.2 Å². The molecule has 1 saturated carbocycles. The van der Waals surface area contributed by atoms with Gasteiger partial charge in [0.15, 0.2) is 0 Å². The lowest BCUT2D eigenvalue weighted by Gasteiger charge is -2.29. The van der Waals surface area contributed by atoms with Crippen LogP contribution in [0.25, 0.3) is 22.3 Å². The molecule has 0 atom stereocenters. The molecule has 10 heteroatoms. The molecule has 0 saturated heterocycles. The predicted octanol–water partition coefficient (Wildman–Crippen LogP) is 12.5. The van der Waals surface area contributed by atoms with Crippen LogP contribution in [0.1, 0.15) is 75.3 Å². The summed E-state index contributed by atoms with van der Waals surface area (Å²) in [5, 5.41) is -0.391. The lowest BCUT2D eigenvalue weighted by molar-refractivity contribution is -0.189. The fraction of sp³-hybridized carbons (Fsp3) is 0.333. The summed E-state index contributed by atoms with van der Waals surface area (Å²) in [6.45, 7) is 2.17. The summed E-state index contributed by atoms with van der Waals surface area (Å²) in [6, 6.07) is 9.14. The molecule has 1 aliphatic rings. The van der Waals surface area contributed by atoms with Crippen molar-refractivity contribution in [3.63, 3.8) is 0 Å². The Kier molecular flexibility index (Phi) is 10.3. The van der Waals surface area contributed by atoms with Crippen molar-refractivity contribution >= 4 is 11.6 Å². The van der Waals surface area contributed by atoms with Crippen molar-refractivity contribution in [2.45, 2.75) is 70.3 Å². The van der Waals surface area contributed by atoms with E-state index in [-0.39, 0.29) is 17.0 Å². The monoisotopic (exact) mass is 666 g/mol. The Hall–Kier alpha value is -3.59. The summed E-state index contributed by atoms with van der Waals surface area (Å²) in [5.41, 5.74) is -2.85. The second-order valence-corrected chi connectivity index (χ2v) is 12.2. The van der Waals surface area contributed by atoms with Gasteiger partial charge in [-0.05, 0) is 96.7 Å². The highest BCUT2D eigenvalue weighted by Crippen LogP contribution is 2.41. The van der Waals surface area contributed by atoms with Crippen molar-refractivity contribution < 1.29 is 39.9 Å². The molecule has 0 aromatic heterocycles. The third-order valence-corrected chi connectivity index (χ3v) is 8.95. The van der Waals surface area contributed by atoms with Crippen molar-refractivity contribution in [3.8, 4) is 28.0 Å². The Morgan fingerprint density at radius 1 is 0.696 bits per heavy atom. The fourth-order valence-electron chi connectivity index (χ4n) is 6.23. The van der Waals surface area contributed by atoms with E-state index in [0.717, 1.165) is 55.5 Å². The van der Waals surface area contributed by atoms with Gasteiger partial charge in [-0.3, -0.25) is 0 Å². The zero-order chi connectivity index (χ0) is 33.2. The second-order valence-electron chi connectivity index (χ2n) is 11.8. The zero-order valence-corrected chi connectivity index (χ0v) is 25.7. The molecule has 0 heterocycles. The first-order valence-electron chi connectivity index (χ1n) is 15.2. The molecule has 5 rings (SSSR count). The van der Waals surface area contributed by atoms with Gasteiger partial charge in [-0.2, -0.15) is 8.78 Å². The van der Waals surface area contributed by atoms with Crippen LogP contribution in [-0.2, 0) is 6.11 Å². The Morgan fingerprint density at radius 3 is 1.91 bits per heavy atom. The van der Waals surface area contributed by atoms with Gasteiger partial charge in [0.25, 0.3) is 0 Å². The molecule has 1 fully saturated rings. The smallest absolute Gasteiger partial charge is 0.429 e. The van der Waals surface area contributed by atoms with Gasteiger partial charge in [0.05, 0.1) is 10.6 Å². The minimum absolute atomic E-state index is 0.0653. The van der Waals surface area contributed by atoms with Crippen LogP contribution in [0, 0.1) is 40.8 Å². The van der Waals surface area contributed by atoms with Crippen molar-refractivity contribution in [2.75, 3.05) is 0 Å². The maximum atomic E-state index is 15.3. The van der Waals surface area contributed by atoms with Crippen LogP contribution in [-0.4, -0.2) is 0 Å². The van der Waals surface area contributed by atoms with E-state index in [1.807, 2.05) is 0 Å². The van der Waals surface area contributed by atoms with Crippen molar-refractivity contribution in [2.24, 2.45) is 5.92 Å². The zero-order valence-electron chi connectivity index (χ0n) is 24.9. The number of hydrogen-bond donors (Lipinski definition) is 0. The van der Waals surface area contributed by atoms with Gasteiger partial charge in [0, 0.05) is 11.6 Å². The summed E-state index contributed by atoms with van der Waals surface area (Å²) in [5.74, 6) is -7.97.